The van der Waals surface area contributed by atoms with Crippen molar-refractivity contribution in [3.63, 3.8) is 0 Å². The van der Waals surface area contributed by atoms with Crippen LogP contribution >= 0.6 is 0 Å². The van der Waals surface area contributed by atoms with Crippen molar-refractivity contribution < 1.29 is 22.6 Å². The number of ether oxygens (including phenoxy) is 2. The maximum Gasteiger partial charge on any atom is 0.416 e. The minimum atomic E-state index is -4.48. The minimum absolute atomic E-state index is 0.288. The van der Waals surface area contributed by atoms with E-state index in [9.17, 15) is 13.2 Å². The third-order valence-electron chi connectivity index (χ3n) is 5.95. The van der Waals surface area contributed by atoms with Gasteiger partial charge in [-0.15, -0.1) is 0 Å². The van der Waals surface area contributed by atoms with Gasteiger partial charge in [0.1, 0.15) is 13.2 Å². The van der Waals surface area contributed by atoms with Crippen LogP contribution in [0.4, 0.5) is 24.8 Å². The van der Waals surface area contributed by atoms with Crippen LogP contribution in [0.1, 0.15) is 23.7 Å². The van der Waals surface area contributed by atoms with Gasteiger partial charge in [-0.2, -0.15) is 18.3 Å². The molecule has 5 rings (SSSR count). The third kappa shape index (κ3) is 5.24. The number of allylic oxidation sites excluding steroid dienone is 4. The fourth-order valence-corrected chi connectivity index (χ4v) is 4.15. The first-order valence-corrected chi connectivity index (χ1v) is 11.8. The number of nitrogens with zero attached hydrogens (tertiary/aromatic N) is 4. The van der Waals surface area contributed by atoms with E-state index in [-0.39, 0.29) is 5.95 Å². The molecule has 2 aliphatic heterocycles. The summed E-state index contributed by atoms with van der Waals surface area (Å²) in [5.41, 5.74) is 3.00. The van der Waals surface area contributed by atoms with Gasteiger partial charge in [-0.1, -0.05) is 18.7 Å². The van der Waals surface area contributed by atoms with Gasteiger partial charge < -0.3 is 14.8 Å². The Bertz CT molecular complexity index is 1490. The fourth-order valence-electron chi connectivity index (χ4n) is 4.15. The van der Waals surface area contributed by atoms with Crippen LogP contribution in [0.25, 0.3) is 11.1 Å². The number of halogens is 3. The summed E-state index contributed by atoms with van der Waals surface area (Å²) in [6.45, 7) is 6.97. The van der Waals surface area contributed by atoms with E-state index < -0.39 is 11.7 Å². The predicted octanol–water partition coefficient (Wildman–Crippen LogP) is 6.31. The summed E-state index contributed by atoms with van der Waals surface area (Å²) in [6.07, 6.45) is 0.753. The molecule has 0 amide bonds. The van der Waals surface area contributed by atoms with E-state index in [1.807, 2.05) is 25.1 Å². The number of fused-ring (bicyclic) bond motifs is 1. The lowest BCUT2D eigenvalue weighted by Crippen LogP contribution is -2.17. The summed E-state index contributed by atoms with van der Waals surface area (Å²) < 4.78 is 51.6. The van der Waals surface area contributed by atoms with Gasteiger partial charge in [0.15, 0.2) is 11.5 Å². The van der Waals surface area contributed by atoms with Gasteiger partial charge in [0.05, 0.1) is 22.7 Å². The van der Waals surface area contributed by atoms with Crippen LogP contribution in [0.15, 0.2) is 84.3 Å². The Balaban J connectivity index is 1.55. The molecule has 10 heteroatoms. The van der Waals surface area contributed by atoms with Crippen LogP contribution in [0.5, 0.6) is 11.5 Å². The number of alkyl halides is 3. The predicted molar refractivity (Wildman–Crippen MR) is 140 cm³/mol. The van der Waals surface area contributed by atoms with Gasteiger partial charge in [0.25, 0.3) is 0 Å². The largest absolute Gasteiger partial charge is 0.486 e. The van der Waals surface area contributed by atoms with Crippen molar-refractivity contribution in [3.05, 3.63) is 96.0 Å². The van der Waals surface area contributed by atoms with E-state index >= 15 is 0 Å². The van der Waals surface area contributed by atoms with Gasteiger partial charge in [-0.25, -0.2) is 9.97 Å². The van der Waals surface area contributed by atoms with E-state index in [0.717, 1.165) is 17.8 Å². The van der Waals surface area contributed by atoms with Gasteiger partial charge in [-0.05, 0) is 60.5 Å². The van der Waals surface area contributed by atoms with Crippen LogP contribution in [-0.2, 0) is 6.18 Å². The Morgan fingerprint density at radius 1 is 1.03 bits per heavy atom. The Morgan fingerprint density at radius 3 is 2.58 bits per heavy atom. The summed E-state index contributed by atoms with van der Waals surface area (Å²) in [5, 5.41) is 9.29. The summed E-state index contributed by atoms with van der Waals surface area (Å²) in [5.74, 6) is 1.56. The van der Waals surface area contributed by atoms with Crippen molar-refractivity contribution in [2.45, 2.75) is 13.1 Å². The lowest BCUT2D eigenvalue weighted by atomic mass is 9.93. The molecule has 38 heavy (non-hydrogen) atoms. The van der Waals surface area contributed by atoms with Gasteiger partial charge in [0, 0.05) is 30.6 Å². The van der Waals surface area contributed by atoms with Crippen LogP contribution < -0.4 is 14.8 Å². The molecular weight excluding hydrogens is 495 g/mol. The average molecular weight is 520 g/mol. The number of likely N-dealkylation sites (N-methyl/N-ethyl adjacent to an activating group) is 1. The van der Waals surface area contributed by atoms with Crippen LogP contribution in [0.3, 0.4) is 0 Å². The van der Waals surface area contributed by atoms with Crippen molar-refractivity contribution in [1.82, 2.24) is 15.0 Å². The van der Waals surface area contributed by atoms with Crippen molar-refractivity contribution in [3.8, 4) is 11.5 Å². The fraction of sp³-hybridized carbons (Fsp3) is 0.179. The first-order valence-electron chi connectivity index (χ1n) is 11.8. The van der Waals surface area contributed by atoms with Crippen LogP contribution in [-0.4, -0.2) is 40.9 Å². The zero-order valence-electron chi connectivity index (χ0n) is 20.7. The second kappa shape index (κ2) is 10.0. The molecule has 0 unspecified atom stereocenters. The topological polar surface area (TPSA) is 71.9 Å². The Kier molecular flexibility index (Phi) is 6.62. The summed E-state index contributed by atoms with van der Waals surface area (Å²) in [6, 6.07) is 12.2. The molecule has 0 atom stereocenters. The highest BCUT2D eigenvalue weighted by molar-refractivity contribution is 6.06. The Hall–Kier alpha value is -4.60. The van der Waals surface area contributed by atoms with Crippen molar-refractivity contribution in [2.24, 2.45) is 5.10 Å². The molecule has 2 aromatic carbocycles. The minimum Gasteiger partial charge on any atom is -0.486 e. The highest BCUT2D eigenvalue weighted by atomic mass is 19.4. The number of benzene rings is 2. The highest BCUT2D eigenvalue weighted by Crippen LogP contribution is 2.38. The van der Waals surface area contributed by atoms with Crippen LogP contribution in [0, 0.1) is 0 Å². The van der Waals surface area contributed by atoms with E-state index in [4.69, 9.17) is 9.47 Å². The second-order valence-electron chi connectivity index (χ2n) is 8.66. The van der Waals surface area contributed by atoms with Crippen molar-refractivity contribution >= 4 is 28.5 Å². The molecule has 194 valence electrons. The molecule has 0 radical (unpaired) electrons. The maximum absolute atomic E-state index is 13.5. The number of nitrogens with one attached hydrogen (secondary N) is 1. The highest BCUT2D eigenvalue weighted by Gasteiger charge is 2.31. The van der Waals surface area contributed by atoms with E-state index in [0.29, 0.717) is 58.5 Å². The quantitative estimate of drug-likeness (QED) is 0.426. The molecule has 7 nitrogen and oxygen atoms in total. The Labute approximate surface area is 217 Å². The molecule has 0 bridgehead atoms. The molecule has 2 aliphatic rings. The standard InChI is InChI=1S/C28H24F3N5O2/c1-17-7-9-23(36(3)35-17)26(18(2)19-5-4-6-20(15-19)28(29,30)31)22-11-12-32-27(34-22)33-21-8-10-24-25(16-21)38-14-13-37-24/h4-12,15-16H,2,13-14H2,1,3H3,(H,32,33,34)/b26-23+. The third-order valence-corrected chi connectivity index (χ3v) is 5.95. The molecule has 1 N–H and O–H groups in total. The number of hydrogen-bond acceptors (Lipinski definition) is 7. The summed E-state index contributed by atoms with van der Waals surface area (Å²) in [4.78, 5) is 9.01. The molecule has 3 aromatic rings. The normalized spacial score (nSPS) is 16.1. The molecular formula is C28H24F3N5O2. The first-order chi connectivity index (χ1) is 18.2. The smallest absolute Gasteiger partial charge is 0.416 e. The van der Waals surface area contributed by atoms with Gasteiger partial charge in [-0.3, -0.25) is 5.01 Å². The van der Waals surface area contributed by atoms with E-state index in [1.165, 1.54) is 6.07 Å². The monoisotopic (exact) mass is 519 g/mol. The van der Waals surface area contributed by atoms with Crippen molar-refractivity contribution in [2.75, 3.05) is 25.6 Å². The van der Waals surface area contributed by atoms with E-state index in [2.05, 4.69) is 27.0 Å². The number of hydrazone groups is 1. The lowest BCUT2D eigenvalue weighted by molar-refractivity contribution is -0.137. The van der Waals surface area contributed by atoms with Gasteiger partial charge in [0.2, 0.25) is 5.95 Å². The first kappa shape index (κ1) is 25.1. The van der Waals surface area contributed by atoms with E-state index in [1.54, 1.807) is 42.5 Å². The number of anilines is 2. The maximum atomic E-state index is 13.5. The number of rotatable bonds is 5. The molecule has 0 saturated carbocycles. The Morgan fingerprint density at radius 2 is 1.82 bits per heavy atom. The average Bonchev–Trinajstić information content (AvgIpc) is 2.90. The molecule has 1 aromatic heterocycles. The SMILES string of the molecule is C=C(/C(=C1/C=CC(C)=NN1C)c1ccnc(Nc2ccc3c(c2)OCCO3)n1)c1cccc(C(F)(F)F)c1. The van der Waals surface area contributed by atoms with Crippen molar-refractivity contribution in [1.29, 1.82) is 0 Å². The molecule has 0 fully saturated rings. The van der Waals surface area contributed by atoms with Gasteiger partial charge >= 0.3 is 6.18 Å². The molecule has 0 spiro atoms. The second-order valence-corrected chi connectivity index (χ2v) is 8.66. The zero-order valence-corrected chi connectivity index (χ0v) is 20.7. The van der Waals surface area contributed by atoms with Crippen LogP contribution in [0.2, 0.25) is 0 Å². The zero-order chi connectivity index (χ0) is 26.9. The number of aromatic nitrogens is 2. The number of hydrogen-bond donors (Lipinski definition) is 1. The molecule has 0 aliphatic carbocycles. The molecule has 0 saturated heterocycles. The lowest BCUT2D eigenvalue weighted by Gasteiger charge is -2.24. The summed E-state index contributed by atoms with van der Waals surface area (Å²) >= 11 is 0. The molecule has 3 heterocycles. The summed E-state index contributed by atoms with van der Waals surface area (Å²) in [7, 11) is 1.76.